The van der Waals surface area contributed by atoms with Gasteiger partial charge in [-0.25, -0.2) is 0 Å². The Morgan fingerprint density at radius 1 is 1.20 bits per heavy atom. The van der Waals surface area contributed by atoms with Crippen LogP contribution in [0.25, 0.3) is 0 Å². The van der Waals surface area contributed by atoms with E-state index < -0.39 is 0 Å². The Labute approximate surface area is 126 Å². The monoisotopic (exact) mass is 298 g/mol. The van der Waals surface area contributed by atoms with Crippen molar-refractivity contribution in [2.45, 2.75) is 19.0 Å². The van der Waals surface area contributed by atoms with Crippen molar-refractivity contribution in [3.63, 3.8) is 0 Å². The van der Waals surface area contributed by atoms with Crippen LogP contribution in [0.2, 0.25) is 0 Å². The van der Waals surface area contributed by atoms with Crippen LogP contribution in [-0.2, 0) is 0 Å². The first-order valence-electron chi connectivity index (χ1n) is 6.71. The maximum Gasteiger partial charge on any atom is 0.122 e. The minimum Gasteiger partial charge on any atom is -0.497 e. The second-order valence-electron chi connectivity index (χ2n) is 4.87. The number of nitrogens with two attached hydrogens (primary N) is 1. The number of thioether (sulfide) groups is 1. The molecule has 0 amide bonds. The zero-order chi connectivity index (χ0) is 15.1. The van der Waals surface area contributed by atoms with Crippen LogP contribution in [0.5, 0.6) is 11.5 Å². The van der Waals surface area contributed by atoms with Crippen LogP contribution in [0, 0.1) is 0 Å². The molecule has 0 spiro atoms. The normalized spacial score (nSPS) is 14.2. The maximum atomic E-state index is 5.99. The predicted molar refractivity (Wildman–Crippen MR) is 86.9 cm³/mol. The van der Waals surface area contributed by atoms with Crippen molar-refractivity contribution in [2.24, 2.45) is 5.73 Å². The second kappa shape index (κ2) is 8.39. The summed E-state index contributed by atoms with van der Waals surface area (Å²) in [5.41, 5.74) is 7.12. The highest BCUT2D eigenvalue weighted by Crippen LogP contribution is 2.29. The number of nitrogens with zero attached hydrogens (tertiary/aromatic N) is 1. The topological polar surface area (TPSA) is 47.7 Å². The molecule has 20 heavy (non-hydrogen) atoms. The van der Waals surface area contributed by atoms with Gasteiger partial charge in [0, 0.05) is 30.4 Å². The van der Waals surface area contributed by atoms with E-state index in [1.165, 1.54) is 0 Å². The second-order valence-corrected chi connectivity index (χ2v) is 5.78. The average Bonchev–Trinajstić information content (AvgIpc) is 2.47. The third-order valence-electron chi connectivity index (χ3n) is 3.58. The van der Waals surface area contributed by atoms with Crippen LogP contribution in [0.15, 0.2) is 18.2 Å². The molecule has 0 heterocycles. The molecule has 0 aromatic heterocycles. The Morgan fingerprint density at radius 2 is 1.75 bits per heavy atom. The zero-order valence-corrected chi connectivity index (χ0v) is 13.9. The van der Waals surface area contributed by atoms with Gasteiger partial charge in [-0.05, 0) is 37.9 Å². The summed E-state index contributed by atoms with van der Waals surface area (Å²) in [5.74, 6) is 2.67. The summed E-state index contributed by atoms with van der Waals surface area (Å²) in [6.45, 7) is 2.78. The number of methoxy groups -OCH3 is 2. The fraction of sp³-hybridized carbons (Fsp3) is 0.600. The molecule has 2 unspecified atom stereocenters. The largest absolute Gasteiger partial charge is 0.497 e. The summed E-state index contributed by atoms with van der Waals surface area (Å²) in [6, 6.07) is 6.55. The molecule has 5 heteroatoms. The third kappa shape index (κ3) is 4.30. The Bertz CT molecular complexity index is 393. The van der Waals surface area contributed by atoms with Crippen molar-refractivity contribution in [2.75, 3.05) is 39.8 Å². The molecule has 0 fully saturated rings. The molecule has 4 nitrogen and oxygen atoms in total. The highest BCUT2D eigenvalue weighted by Gasteiger charge is 2.21. The molecular weight excluding hydrogens is 272 g/mol. The quantitative estimate of drug-likeness (QED) is 0.798. The van der Waals surface area contributed by atoms with Crippen molar-refractivity contribution in [1.82, 2.24) is 4.90 Å². The molecule has 2 atom stereocenters. The minimum atomic E-state index is 0.154. The summed E-state index contributed by atoms with van der Waals surface area (Å²) >= 11 is 1.84. The van der Waals surface area contributed by atoms with E-state index in [2.05, 4.69) is 25.1 Å². The minimum absolute atomic E-state index is 0.154. The van der Waals surface area contributed by atoms with Crippen molar-refractivity contribution in [1.29, 1.82) is 0 Å². The van der Waals surface area contributed by atoms with E-state index in [0.717, 1.165) is 22.8 Å². The summed E-state index contributed by atoms with van der Waals surface area (Å²) < 4.78 is 10.7. The lowest BCUT2D eigenvalue weighted by atomic mass is 10.0. The highest BCUT2D eigenvalue weighted by atomic mass is 32.2. The van der Waals surface area contributed by atoms with Crippen molar-refractivity contribution in [3.05, 3.63) is 23.8 Å². The van der Waals surface area contributed by atoms with E-state index in [0.29, 0.717) is 12.6 Å². The summed E-state index contributed by atoms with van der Waals surface area (Å²) in [5, 5.41) is 0. The van der Waals surface area contributed by atoms with Gasteiger partial charge in [0.15, 0.2) is 0 Å². The molecule has 0 saturated heterocycles. The summed E-state index contributed by atoms with van der Waals surface area (Å²) in [7, 11) is 5.44. The van der Waals surface area contributed by atoms with E-state index in [1.807, 2.05) is 30.0 Å². The van der Waals surface area contributed by atoms with Gasteiger partial charge in [-0.3, -0.25) is 4.90 Å². The maximum absolute atomic E-state index is 5.99. The number of hydrogen-bond acceptors (Lipinski definition) is 5. The van der Waals surface area contributed by atoms with Crippen LogP contribution in [0.3, 0.4) is 0 Å². The van der Waals surface area contributed by atoms with Gasteiger partial charge in [-0.15, -0.1) is 0 Å². The molecule has 0 bridgehead atoms. The average molecular weight is 298 g/mol. The number of benzene rings is 1. The van der Waals surface area contributed by atoms with Crippen LogP contribution in [0.1, 0.15) is 18.5 Å². The van der Waals surface area contributed by atoms with E-state index in [4.69, 9.17) is 15.2 Å². The molecular formula is C15H26N2O2S. The molecule has 0 aliphatic rings. The molecule has 1 aromatic carbocycles. The van der Waals surface area contributed by atoms with Crippen LogP contribution >= 0.6 is 11.8 Å². The Hall–Kier alpha value is -0.910. The molecule has 0 aliphatic heterocycles. The van der Waals surface area contributed by atoms with E-state index in [1.54, 1.807) is 14.2 Å². The van der Waals surface area contributed by atoms with Gasteiger partial charge in [0.05, 0.1) is 14.2 Å². The fourth-order valence-corrected chi connectivity index (χ4v) is 2.94. The van der Waals surface area contributed by atoms with Crippen LogP contribution in [-0.4, -0.2) is 50.8 Å². The smallest absolute Gasteiger partial charge is 0.122 e. The standard InChI is InChI=1S/C15H26N2O2S/c1-11(10-20-5)17(2)15(9-16)12-6-13(18-3)8-14(7-12)19-4/h6-8,11,15H,9-10,16H2,1-5H3. The van der Waals surface area contributed by atoms with Gasteiger partial charge in [0.2, 0.25) is 0 Å². The summed E-state index contributed by atoms with van der Waals surface area (Å²) in [6.07, 6.45) is 2.12. The van der Waals surface area contributed by atoms with Gasteiger partial charge >= 0.3 is 0 Å². The predicted octanol–water partition coefficient (Wildman–Crippen LogP) is 2.39. The molecule has 2 N–H and O–H groups in total. The molecule has 1 aromatic rings. The summed E-state index contributed by atoms with van der Waals surface area (Å²) in [4.78, 5) is 2.31. The number of rotatable bonds is 8. The van der Waals surface area contributed by atoms with Crippen molar-refractivity contribution >= 4 is 11.8 Å². The molecule has 0 radical (unpaired) electrons. The van der Waals surface area contributed by atoms with E-state index >= 15 is 0 Å². The lowest BCUT2D eigenvalue weighted by Gasteiger charge is -2.32. The van der Waals surface area contributed by atoms with Crippen LogP contribution < -0.4 is 15.2 Å². The number of hydrogen-bond donors (Lipinski definition) is 1. The Balaban J connectivity index is 3.04. The Kier molecular flexibility index (Phi) is 7.19. The lowest BCUT2D eigenvalue weighted by Crippen LogP contribution is -2.38. The first-order chi connectivity index (χ1) is 9.57. The van der Waals surface area contributed by atoms with Gasteiger partial charge in [-0.1, -0.05) is 0 Å². The van der Waals surface area contributed by atoms with E-state index in [-0.39, 0.29) is 6.04 Å². The van der Waals surface area contributed by atoms with Gasteiger partial charge in [0.25, 0.3) is 0 Å². The van der Waals surface area contributed by atoms with Crippen molar-refractivity contribution in [3.8, 4) is 11.5 Å². The lowest BCUT2D eigenvalue weighted by molar-refractivity contribution is 0.203. The molecule has 0 saturated carbocycles. The van der Waals surface area contributed by atoms with Crippen LogP contribution in [0.4, 0.5) is 0 Å². The van der Waals surface area contributed by atoms with Gasteiger partial charge in [-0.2, -0.15) is 11.8 Å². The fourth-order valence-electron chi connectivity index (χ4n) is 2.23. The van der Waals surface area contributed by atoms with Gasteiger partial charge in [0.1, 0.15) is 11.5 Å². The first-order valence-corrected chi connectivity index (χ1v) is 8.10. The third-order valence-corrected chi connectivity index (χ3v) is 4.39. The van der Waals surface area contributed by atoms with Crippen molar-refractivity contribution < 1.29 is 9.47 Å². The molecule has 1 rings (SSSR count). The Morgan fingerprint density at radius 3 is 2.15 bits per heavy atom. The van der Waals surface area contributed by atoms with Gasteiger partial charge < -0.3 is 15.2 Å². The molecule has 114 valence electrons. The first kappa shape index (κ1) is 17.1. The van der Waals surface area contributed by atoms with E-state index in [9.17, 15) is 0 Å². The number of ether oxygens (including phenoxy) is 2. The zero-order valence-electron chi connectivity index (χ0n) is 13.1. The SMILES string of the molecule is COc1cc(OC)cc(C(CN)N(C)C(C)CSC)c1. The molecule has 0 aliphatic carbocycles. The highest BCUT2D eigenvalue weighted by molar-refractivity contribution is 7.98. The number of likely N-dealkylation sites (N-methyl/N-ethyl adjacent to an activating group) is 1.